The Bertz CT molecular complexity index is 123. The van der Waals surface area contributed by atoms with Gasteiger partial charge in [-0.2, -0.15) is 0 Å². The molecule has 1 rings (SSSR count). The Labute approximate surface area is 71.8 Å². The quantitative estimate of drug-likeness (QED) is 0.511. The first-order valence-electron chi connectivity index (χ1n) is 4.29. The zero-order valence-electron chi connectivity index (χ0n) is 7.18. The smallest absolute Gasteiger partial charge is 0.109 e. The topological polar surface area (TPSA) is 69.9 Å². The number of aliphatic hydroxyl groups excluding tert-OH is 3. The van der Waals surface area contributed by atoms with Crippen LogP contribution in [0.4, 0.5) is 0 Å². The molecule has 1 fully saturated rings. The van der Waals surface area contributed by atoms with Crippen LogP contribution in [0.2, 0.25) is 0 Å². The Morgan fingerprint density at radius 3 is 2.50 bits per heavy atom. The Hall–Kier alpha value is -0.160. The summed E-state index contributed by atoms with van der Waals surface area (Å²) in [6, 6.07) is 0. The van der Waals surface area contributed by atoms with Gasteiger partial charge in [-0.3, -0.25) is 0 Å². The van der Waals surface area contributed by atoms with E-state index >= 15 is 0 Å². The maximum atomic E-state index is 9.50. The molecule has 1 saturated heterocycles. The molecule has 0 aromatic carbocycles. The Balaban J connectivity index is 2.52. The highest BCUT2D eigenvalue weighted by molar-refractivity contribution is 4.85. The Morgan fingerprint density at radius 1 is 1.33 bits per heavy atom. The lowest BCUT2D eigenvalue weighted by Crippen LogP contribution is -2.51. The summed E-state index contributed by atoms with van der Waals surface area (Å²) in [5.41, 5.74) is 0. The van der Waals surface area contributed by atoms with E-state index in [0.29, 0.717) is 6.61 Å². The molecule has 72 valence electrons. The first-order chi connectivity index (χ1) is 5.70. The van der Waals surface area contributed by atoms with E-state index < -0.39 is 18.3 Å². The van der Waals surface area contributed by atoms with Gasteiger partial charge in [0.15, 0.2) is 0 Å². The summed E-state index contributed by atoms with van der Waals surface area (Å²) < 4.78 is 5.15. The van der Waals surface area contributed by atoms with Gasteiger partial charge in [-0.15, -0.1) is 0 Å². The van der Waals surface area contributed by atoms with Crippen molar-refractivity contribution < 1.29 is 20.1 Å². The van der Waals surface area contributed by atoms with E-state index in [1.807, 2.05) is 6.92 Å². The van der Waals surface area contributed by atoms with E-state index in [-0.39, 0.29) is 12.5 Å². The fourth-order valence-electron chi connectivity index (χ4n) is 1.46. The van der Waals surface area contributed by atoms with Crippen LogP contribution < -0.4 is 0 Å². The van der Waals surface area contributed by atoms with Crippen molar-refractivity contribution in [3.63, 3.8) is 0 Å². The molecule has 4 heteroatoms. The van der Waals surface area contributed by atoms with Gasteiger partial charge in [-0.05, 0) is 6.42 Å². The van der Waals surface area contributed by atoms with Gasteiger partial charge in [-0.25, -0.2) is 0 Å². The van der Waals surface area contributed by atoms with Crippen molar-refractivity contribution >= 4 is 0 Å². The molecule has 0 saturated carbocycles. The van der Waals surface area contributed by atoms with Crippen molar-refractivity contribution in [3.05, 3.63) is 0 Å². The van der Waals surface area contributed by atoms with Crippen molar-refractivity contribution in [3.8, 4) is 0 Å². The molecular weight excluding hydrogens is 160 g/mol. The van der Waals surface area contributed by atoms with E-state index in [2.05, 4.69) is 0 Å². The second-order valence-corrected chi connectivity index (χ2v) is 3.20. The molecule has 1 aliphatic heterocycles. The van der Waals surface area contributed by atoms with Crippen LogP contribution in [-0.4, -0.2) is 46.8 Å². The van der Waals surface area contributed by atoms with Crippen LogP contribution in [0.1, 0.15) is 13.3 Å². The van der Waals surface area contributed by atoms with E-state index in [1.54, 1.807) is 0 Å². The normalized spacial score (nSPS) is 43.0. The van der Waals surface area contributed by atoms with Crippen LogP contribution >= 0.6 is 0 Å². The van der Waals surface area contributed by atoms with Gasteiger partial charge in [0.05, 0.1) is 19.3 Å². The maximum absolute atomic E-state index is 9.50. The van der Waals surface area contributed by atoms with Gasteiger partial charge in [0, 0.05) is 5.92 Å². The van der Waals surface area contributed by atoms with Crippen LogP contribution in [0.3, 0.4) is 0 Å². The predicted molar refractivity (Wildman–Crippen MR) is 42.6 cm³/mol. The molecule has 1 aliphatic rings. The lowest BCUT2D eigenvalue weighted by molar-refractivity contribution is -0.174. The third-order valence-electron chi connectivity index (χ3n) is 2.44. The number of hydrogen-bond donors (Lipinski definition) is 3. The molecule has 12 heavy (non-hydrogen) atoms. The van der Waals surface area contributed by atoms with Crippen molar-refractivity contribution in [1.29, 1.82) is 0 Å². The standard InChI is InChI=1S/C8H16O4/c1-2-5-4-12-6(3-9)8(11)7(5)10/h5-11H,2-4H2,1H3. The third kappa shape index (κ3) is 1.77. The number of rotatable bonds is 2. The van der Waals surface area contributed by atoms with Crippen LogP contribution in [0, 0.1) is 5.92 Å². The molecule has 0 spiro atoms. The van der Waals surface area contributed by atoms with Crippen molar-refractivity contribution in [1.82, 2.24) is 0 Å². The van der Waals surface area contributed by atoms with E-state index in [4.69, 9.17) is 9.84 Å². The molecule has 4 nitrogen and oxygen atoms in total. The maximum Gasteiger partial charge on any atom is 0.109 e. The Kier molecular flexibility index (Phi) is 3.46. The molecule has 3 N–H and O–H groups in total. The number of ether oxygens (including phenoxy) is 1. The second-order valence-electron chi connectivity index (χ2n) is 3.20. The zero-order chi connectivity index (χ0) is 9.14. The van der Waals surface area contributed by atoms with Crippen LogP contribution in [0.25, 0.3) is 0 Å². The lowest BCUT2D eigenvalue weighted by atomic mass is 9.91. The minimum absolute atomic E-state index is 0.0113. The highest BCUT2D eigenvalue weighted by Crippen LogP contribution is 2.22. The average molecular weight is 176 g/mol. The van der Waals surface area contributed by atoms with E-state index in [1.165, 1.54) is 0 Å². The van der Waals surface area contributed by atoms with Gasteiger partial charge in [0.25, 0.3) is 0 Å². The predicted octanol–water partition coefficient (Wildman–Crippen LogP) is -0.875. The van der Waals surface area contributed by atoms with Gasteiger partial charge in [0.2, 0.25) is 0 Å². The fraction of sp³-hybridized carbons (Fsp3) is 1.00. The highest BCUT2D eigenvalue weighted by atomic mass is 16.5. The van der Waals surface area contributed by atoms with E-state index in [0.717, 1.165) is 6.42 Å². The molecule has 0 radical (unpaired) electrons. The summed E-state index contributed by atoms with van der Waals surface area (Å²) in [5.74, 6) is -0.0113. The summed E-state index contributed by atoms with van der Waals surface area (Å²) in [7, 11) is 0. The van der Waals surface area contributed by atoms with Crippen molar-refractivity contribution in [2.75, 3.05) is 13.2 Å². The largest absolute Gasteiger partial charge is 0.394 e. The number of aliphatic hydroxyl groups is 3. The fourth-order valence-corrected chi connectivity index (χ4v) is 1.46. The third-order valence-corrected chi connectivity index (χ3v) is 2.44. The second kappa shape index (κ2) is 4.18. The van der Waals surface area contributed by atoms with Gasteiger partial charge >= 0.3 is 0 Å². The average Bonchev–Trinajstić information content (AvgIpc) is 2.10. The van der Waals surface area contributed by atoms with Gasteiger partial charge in [0.1, 0.15) is 12.2 Å². The van der Waals surface area contributed by atoms with Gasteiger partial charge in [-0.1, -0.05) is 6.92 Å². The molecule has 0 bridgehead atoms. The SMILES string of the molecule is CCC1COC(CO)C(O)C1O. The minimum atomic E-state index is -0.950. The minimum Gasteiger partial charge on any atom is -0.394 e. The summed E-state index contributed by atoms with van der Waals surface area (Å²) in [6.07, 6.45) is -1.56. The zero-order valence-corrected chi connectivity index (χ0v) is 7.18. The van der Waals surface area contributed by atoms with Crippen LogP contribution in [0.15, 0.2) is 0 Å². The lowest BCUT2D eigenvalue weighted by Gasteiger charge is -2.36. The molecule has 4 unspecified atom stereocenters. The summed E-state index contributed by atoms with van der Waals surface area (Å²) in [4.78, 5) is 0. The number of hydrogen-bond acceptors (Lipinski definition) is 4. The molecule has 1 heterocycles. The Morgan fingerprint density at radius 2 is 2.00 bits per heavy atom. The highest BCUT2D eigenvalue weighted by Gasteiger charge is 2.36. The molecular formula is C8H16O4. The monoisotopic (exact) mass is 176 g/mol. The van der Waals surface area contributed by atoms with Crippen LogP contribution in [0.5, 0.6) is 0 Å². The van der Waals surface area contributed by atoms with Gasteiger partial charge < -0.3 is 20.1 Å². The molecule has 0 aromatic rings. The first-order valence-corrected chi connectivity index (χ1v) is 4.29. The van der Waals surface area contributed by atoms with Crippen LogP contribution in [-0.2, 0) is 4.74 Å². The molecule has 0 aromatic heterocycles. The molecule has 4 atom stereocenters. The van der Waals surface area contributed by atoms with Crippen molar-refractivity contribution in [2.45, 2.75) is 31.7 Å². The first kappa shape index (κ1) is 9.92. The summed E-state index contributed by atoms with van der Waals surface area (Å²) in [6.45, 7) is 2.11. The summed E-state index contributed by atoms with van der Waals surface area (Å²) in [5, 5.41) is 27.6. The van der Waals surface area contributed by atoms with E-state index in [9.17, 15) is 10.2 Å². The molecule has 0 aliphatic carbocycles. The van der Waals surface area contributed by atoms with Crippen molar-refractivity contribution in [2.24, 2.45) is 5.92 Å². The molecule has 0 amide bonds. The summed E-state index contributed by atoms with van der Waals surface area (Å²) >= 11 is 0.